The number of aromatic nitrogens is 1. The number of aryl methyl sites for hydroxylation is 1. The number of benzene rings is 2. The minimum absolute atomic E-state index is 0.00594. The summed E-state index contributed by atoms with van der Waals surface area (Å²) in [6.07, 6.45) is -0.177. The molecule has 0 unspecified atom stereocenters. The van der Waals surface area contributed by atoms with Crippen molar-refractivity contribution in [3.05, 3.63) is 89.3 Å². The lowest BCUT2D eigenvalue weighted by molar-refractivity contribution is -0.138. The van der Waals surface area contributed by atoms with E-state index in [1.54, 1.807) is 30.3 Å². The van der Waals surface area contributed by atoms with E-state index in [-0.39, 0.29) is 42.3 Å². The third-order valence-corrected chi connectivity index (χ3v) is 5.00. The molecule has 0 aliphatic carbocycles. The molecule has 0 fully saturated rings. The largest absolute Gasteiger partial charge is 0.457 e. The SMILES string of the molecule is CNC(=O)c1cc(Oc2cccc(C=CC(=O)Nc3ccc(CCCO)c(C(F)(F)F)c3)c2)ccn1. The zero-order valence-electron chi connectivity index (χ0n) is 19.3. The molecule has 3 N–H and O–H groups in total. The first-order valence-electron chi connectivity index (χ1n) is 11.0. The topological polar surface area (TPSA) is 101 Å². The highest BCUT2D eigenvalue weighted by atomic mass is 19.4. The minimum atomic E-state index is -4.59. The summed E-state index contributed by atoms with van der Waals surface area (Å²) in [7, 11) is 1.49. The van der Waals surface area contributed by atoms with Gasteiger partial charge in [-0.1, -0.05) is 18.2 Å². The fourth-order valence-corrected chi connectivity index (χ4v) is 3.31. The summed E-state index contributed by atoms with van der Waals surface area (Å²) in [6.45, 7) is -0.216. The number of anilines is 1. The van der Waals surface area contributed by atoms with Crippen molar-refractivity contribution in [2.45, 2.75) is 19.0 Å². The highest BCUT2D eigenvalue weighted by Crippen LogP contribution is 2.34. The van der Waals surface area contributed by atoms with Crippen molar-refractivity contribution in [1.29, 1.82) is 0 Å². The van der Waals surface area contributed by atoms with Crippen LogP contribution in [0.2, 0.25) is 0 Å². The van der Waals surface area contributed by atoms with Crippen molar-refractivity contribution in [3.8, 4) is 11.5 Å². The molecule has 10 heteroatoms. The van der Waals surface area contributed by atoms with Crippen LogP contribution in [0.3, 0.4) is 0 Å². The number of halogens is 3. The van der Waals surface area contributed by atoms with Gasteiger partial charge in [0.2, 0.25) is 5.91 Å². The molecule has 7 nitrogen and oxygen atoms in total. The Bertz CT molecular complexity index is 1260. The summed E-state index contributed by atoms with van der Waals surface area (Å²) < 4.78 is 46.0. The normalized spacial score (nSPS) is 11.4. The third-order valence-electron chi connectivity index (χ3n) is 5.00. The molecule has 36 heavy (non-hydrogen) atoms. The second-order valence-electron chi connectivity index (χ2n) is 7.65. The Morgan fingerprint density at radius 2 is 1.86 bits per heavy atom. The Kier molecular flexibility index (Phi) is 8.80. The Morgan fingerprint density at radius 3 is 2.58 bits per heavy atom. The van der Waals surface area contributed by atoms with Gasteiger partial charge in [-0.25, -0.2) is 0 Å². The molecule has 0 aliphatic heterocycles. The van der Waals surface area contributed by atoms with Gasteiger partial charge in [-0.3, -0.25) is 14.6 Å². The lowest BCUT2D eigenvalue weighted by Crippen LogP contribution is -2.18. The fourth-order valence-electron chi connectivity index (χ4n) is 3.31. The number of nitrogens with one attached hydrogen (secondary N) is 2. The maximum atomic E-state index is 13.4. The summed E-state index contributed by atoms with van der Waals surface area (Å²) in [5, 5.41) is 13.8. The first-order valence-corrected chi connectivity index (χ1v) is 11.0. The van der Waals surface area contributed by atoms with E-state index < -0.39 is 17.6 Å². The number of carbonyl (C=O) groups is 2. The molecular weight excluding hydrogens is 475 g/mol. The highest BCUT2D eigenvalue weighted by Gasteiger charge is 2.33. The van der Waals surface area contributed by atoms with Gasteiger partial charge in [-0.15, -0.1) is 0 Å². The molecule has 1 heterocycles. The van der Waals surface area contributed by atoms with E-state index in [1.807, 2.05) is 0 Å². The molecule has 0 spiro atoms. The average Bonchev–Trinajstić information content (AvgIpc) is 2.86. The van der Waals surface area contributed by atoms with E-state index >= 15 is 0 Å². The molecule has 3 aromatic rings. The van der Waals surface area contributed by atoms with Gasteiger partial charge in [0.05, 0.1) is 5.56 Å². The van der Waals surface area contributed by atoms with Crippen molar-refractivity contribution < 1.29 is 32.6 Å². The summed E-state index contributed by atoms with van der Waals surface area (Å²) in [4.78, 5) is 28.0. The molecule has 188 valence electrons. The standard InChI is InChI=1S/C26H24F3N3O4/c1-30-25(35)23-16-21(11-12-31-23)36-20-6-2-4-17(14-20)7-10-24(34)32-19-9-8-18(5-3-13-33)22(15-19)26(27,28)29/h2,4,6-12,14-16,33H,3,5,13H2,1H3,(H,30,35)(H,32,34). The van der Waals surface area contributed by atoms with Gasteiger partial charge in [0.15, 0.2) is 0 Å². The molecule has 0 atom stereocenters. The number of aliphatic hydroxyl groups is 1. The molecule has 1 aromatic heterocycles. The van der Waals surface area contributed by atoms with Gasteiger partial charge in [0.1, 0.15) is 17.2 Å². The molecule has 0 bridgehead atoms. The lowest BCUT2D eigenvalue weighted by Gasteiger charge is -2.14. The van der Waals surface area contributed by atoms with E-state index in [0.717, 1.165) is 6.07 Å². The first-order chi connectivity index (χ1) is 17.2. The minimum Gasteiger partial charge on any atom is -0.457 e. The zero-order chi connectivity index (χ0) is 26.1. The number of rotatable bonds is 9. The van der Waals surface area contributed by atoms with Crippen molar-refractivity contribution in [2.24, 2.45) is 0 Å². The average molecular weight is 499 g/mol. The number of hydrogen-bond acceptors (Lipinski definition) is 5. The maximum Gasteiger partial charge on any atom is 0.416 e. The van der Waals surface area contributed by atoms with Crippen LogP contribution in [-0.4, -0.2) is 35.6 Å². The first kappa shape index (κ1) is 26.4. The van der Waals surface area contributed by atoms with E-state index in [1.165, 1.54) is 43.6 Å². The predicted molar refractivity (Wildman–Crippen MR) is 129 cm³/mol. The Labute approximate surface area is 205 Å². The number of ether oxygens (including phenoxy) is 1. The van der Waals surface area contributed by atoms with Gasteiger partial charge in [-0.05, 0) is 60.4 Å². The smallest absolute Gasteiger partial charge is 0.416 e. The Hall–Kier alpha value is -4.18. The van der Waals surface area contributed by atoms with Crippen LogP contribution in [0.4, 0.5) is 18.9 Å². The Balaban J connectivity index is 1.69. The van der Waals surface area contributed by atoms with Crippen LogP contribution < -0.4 is 15.4 Å². The quantitative estimate of drug-likeness (QED) is 0.366. The molecule has 3 rings (SSSR count). The molecular formula is C26H24F3N3O4. The zero-order valence-corrected chi connectivity index (χ0v) is 19.3. The molecule has 0 saturated heterocycles. The summed E-state index contributed by atoms with van der Waals surface area (Å²) >= 11 is 0. The number of carbonyl (C=O) groups excluding carboxylic acids is 2. The summed E-state index contributed by atoms with van der Waals surface area (Å²) in [6, 6.07) is 13.4. The van der Waals surface area contributed by atoms with E-state index in [2.05, 4.69) is 15.6 Å². The van der Waals surface area contributed by atoms with Crippen molar-refractivity contribution in [1.82, 2.24) is 10.3 Å². The van der Waals surface area contributed by atoms with Crippen molar-refractivity contribution in [3.63, 3.8) is 0 Å². The van der Waals surface area contributed by atoms with Crippen LogP contribution in [-0.2, 0) is 17.4 Å². The molecule has 2 aromatic carbocycles. The van der Waals surface area contributed by atoms with E-state index in [4.69, 9.17) is 9.84 Å². The van der Waals surface area contributed by atoms with Gasteiger partial charge in [0.25, 0.3) is 5.91 Å². The van der Waals surface area contributed by atoms with Crippen LogP contribution in [0, 0.1) is 0 Å². The molecule has 0 aliphatic rings. The maximum absolute atomic E-state index is 13.4. The van der Waals surface area contributed by atoms with Gasteiger partial charge >= 0.3 is 6.18 Å². The van der Waals surface area contributed by atoms with Gasteiger partial charge < -0.3 is 20.5 Å². The van der Waals surface area contributed by atoms with Crippen LogP contribution in [0.25, 0.3) is 6.08 Å². The lowest BCUT2D eigenvalue weighted by atomic mass is 10.0. The van der Waals surface area contributed by atoms with Crippen molar-refractivity contribution >= 4 is 23.6 Å². The van der Waals surface area contributed by atoms with Crippen LogP contribution >= 0.6 is 0 Å². The third kappa shape index (κ3) is 7.41. The second-order valence-corrected chi connectivity index (χ2v) is 7.65. The van der Waals surface area contributed by atoms with Crippen LogP contribution in [0.15, 0.2) is 66.9 Å². The predicted octanol–water partition coefficient (Wildman–Crippen LogP) is 4.83. The highest BCUT2D eigenvalue weighted by molar-refractivity contribution is 6.02. The van der Waals surface area contributed by atoms with Crippen LogP contribution in [0.5, 0.6) is 11.5 Å². The van der Waals surface area contributed by atoms with Crippen molar-refractivity contribution in [2.75, 3.05) is 19.0 Å². The Morgan fingerprint density at radius 1 is 1.08 bits per heavy atom. The van der Waals surface area contributed by atoms with E-state index in [9.17, 15) is 22.8 Å². The second kappa shape index (κ2) is 12.0. The number of hydrogen-bond donors (Lipinski definition) is 3. The van der Waals surface area contributed by atoms with Gasteiger partial charge in [0, 0.05) is 37.7 Å². The number of aliphatic hydroxyl groups excluding tert-OH is 1. The number of amides is 2. The summed E-state index contributed by atoms with van der Waals surface area (Å²) in [5.41, 5.74) is 0.0135. The summed E-state index contributed by atoms with van der Waals surface area (Å²) in [5.74, 6) is -0.127. The number of nitrogens with zero attached hydrogens (tertiary/aromatic N) is 1. The van der Waals surface area contributed by atoms with Crippen LogP contribution in [0.1, 0.15) is 33.6 Å². The van der Waals surface area contributed by atoms with Gasteiger partial charge in [-0.2, -0.15) is 13.2 Å². The number of alkyl halides is 3. The number of pyridine rings is 1. The monoisotopic (exact) mass is 499 g/mol. The molecule has 2 amide bonds. The fraction of sp³-hybridized carbons (Fsp3) is 0.192. The molecule has 0 saturated carbocycles. The van der Waals surface area contributed by atoms with E-state index in [0.29, 0.717) is 17.1 Å². The molecule has 0 radical (unpaired) electrons.